The topological polar surface area (TPSA) is 99.5 Å². The van der Waals surface area contributed by atoms with E-state index in [1.165, 1.54) is 24.8 Å². The Balaban J connectivity index is 1.54. The van der Waals surface area contributed by atoms with Gasteiger partial charge in [-0.05, 0) is 31.2 Å². The molecule has 1 amide bonds. The number of aromatic nitrogens is 2. The molecule has 1 heterocycles. The fourth-order valence-electron chi connectivity index (χ4n) is 2.87. The first kappa shape index (κ1) is 21.8. The maximum absolute atomic E-state index is 12.1. The summed E-state index contributed by atoms with van der Waals surface area (Å²) in [5.41, 5.74) is 1.82. The summed E-state index contributed by atoms with van der Waals surface area (Å²) in [5, 5.41) is 7.05. The Morgan fingerprint density at radius 2 is 1.81 bits per heavy atom. The fraction of sp³-hybridized carbons (Fsp3) is 0.217. The predicted octanol–water partition coefficient (Wildman–Crippen LogP) is 2.32. The number of ketones is 1. The maximum atomic E-state index is 12.1. The monoisotopic (exact) mass is 421 g/mol. The van der Waals surface area contributed by atoms with E-state index in [9.17, 15) is 14.4 Å². The summed E-state index contributed by atoms with van der Waals surface area (Å²) in [6.45, 7) is 1.66. The van der Waals surface area contributed by atoms with Crippen LogP contribution in [0.2, 0.25) is 0 Å². The summed E-state index contributed by atoms with van der Waals surface area (Å²) in [6.07, 6.45) is 0. The summed E-state index contributed by atoms with van der Waals surface area (Å²) in [7, 11) is 1.46. The highest BCUT2D eigenvalue weighted by Gasteiger charge is 2.11. The highest BCUT2D eigenvalue weighted by atomic mass is 16.5. The van der Waals surface area contributed by atoms with Gasteiger partial charge < -0.3 is 14.8 Å². The molecule has 2 aromatic carbocycles. The van der Waals surface area contributed by atoms with Crippen molar-refractivity contribution in [1.82, 2.24) is 15.1 Å². The number of ether oxygens (including phenoxy) is 2. The normalized spacial score (nSPS) is 10.4. The predicted molar refractivity (Wildman–Crippen MR) is 115 cm³/mol. The second kappa shape index (κ2) is 10.2. The zero-order chi connectivity index (χ0) is 22.2. The van der Waals surface area contributed by atoms with Crippen molar-refractivity contribution in [3.8, 4) is 22.8 Å². The van der Waals surface area contributed by atoms with Crippen molar-refractivity contribution >= 4 is 11.7 Å². The minimum Gasteiger partial charge on any atom is -0.493 e. The van der Waals surface area contributed by atoms with Crippen molar-refractivity contribution in [2.75, 3.05) is 20.3 Å². The smallest absolute Gasteiger partial charge is 0.266 e. The van der Waals surface area contributed by atoms with Gasteiger partial charge in [0.05, 0.1) is 19.3 Å². The number of nitrogens with one attached hydrogen (secondary N) is 1. The van der Waals surface area contributed by atoms with Gasteiger partial charge in [-0.3, -0.25) is 14.4 Å². The Morgan fingerprint density at radius 1 is 1.03 bits per heavy atom. The van der Waals surface area contributed by atoms with E-state index in [2.05, 4.69) is 10.4 Å². The molecule has 8 heteroatoms. The van der Waals surface area contributed by atoms with Gasteiger partial charge in [-0.2, -0.15) is 5.10 Å². The lowest BCUT2D eigenvalue weighted by Crippen LogP contribution is -2.34. The number of hydrogen-bond donors (Lipinski definition) is 1. The van der Waals surface area contributed by atoms with Crippen molar-refractivity contribution in [2.45, 2.75) is 13.5 Å². The van der Waals surface area contributed by atoms with Crippen molar-refractivity contribution in [2.24, 2.45) is 0 Å². The number of methoxy groups -OCH3 is 1. The van der Waals surface area contributed by atoms with Gasteiger partial charge in [0.25, 0.3) is 11.5 Å². The van der Waals surface area contributed by atoms with E-state index in [0.29, 0.717) is 22.8 Å². The third-order valence-electron chi connectivity index (χ3n) is 4.51. The van der Waals surface area contributed by atoms with Crippen LogP contribution in [0.3, 0.4) is 0 Å². The molecule has 0 atom stereocenters. The molecule has 0 radical (unpaired) electrons. The van der Waals surface area contributed by atoms with Crippen LogP contribution in [0.5, 0.6) is 11.5 Å². The largest absolute Gasteiger partial charge is 0.493 e. The number of carbonyl (C=O) groups excluding carboxylic acids is 2. The molecular weight excluding hydrogens is 398 g/mol. The quantitative estimate of drug-likeness (QED) is 0.533. The molecule has 0 spiro atoms. The minimum absolute atomic E-state index is 0.0946. The van der Waals surface area contributed by atoms with Crippen molar-refractivity contribution in [3.05, 3.63) is 76.6 Å². The lowest BCUT2D eigenvalue weighted by molar-refractivity contribution is -0.123. The average molecular weight is 421 g/mol. The molecule has 3 aromatic rings. The third kappa shape index (κ3) is 5.79. The summed E-state index contributed by atoms with van der Waals surface area (Å²) in [4.78, 5) is 35.6. The molecule has 0 aliphatic carbocycles. The highest BCUT2D eigenvalue weighted by molar-refractivity contribution is 5.94. The highest BCUT2D eigenvalue weighted by Crippen LogP contribution is 2.28. The summed E-state index contributed by atoms with van der Waals surface area (Å²) >= 11 is 0. The van der Waals surface area contributed by atoms with E-state index < -0.39 is 0 Å². The molecule has 0 bridgehead atoms. The van der Waals surface area contributed by atoms with Crippen LogP contribution in [-0.2, 0) is 11.3 Å². The molecule has 1 N–H and O–H groups in total. The van der Waals surface area contributed by atoms with Crippen LogP contribution < -0.4 is 20.3 Å². The van der Waals surface area contributed by atoms with Crippen LogP contribution >= 0.6 is 0 Å². The summed E-state index contributed by atoms with van der Waals surface area (Å²) in [6, 6.07) is 17.4. The Bertz CT molecular complexity index is 1130. The molecule has 0 aliphatic rings. The number of carbonyl (C=O) groups is 2. The van der Waals surface area contributed by atoms with Gasteiger partial charge in [-0.1, -0.05) is 30.3 Å². The van der Waals surface area contributed by atoms with Crippen LogP contribution in [0.25, 0.3) is 11.3 Å². The Kier molecular flexibility index (Phi) is 7.16. The molecule has 0 aliphatic heterocycles. The Hall–Kier alpha value is -3.94. The molecule has 0 fully saturated rings. The molecule has 0 unspecified atom stereocenters. The Labute approximate surface area is 179 Å². The lowest BCUT2D eigenvalue weighted by Gasteiger charge is -2.12. The first-order chi connectivity index (χ1) is 15.0. The maximum Gasteiger partial charge on any atom is 0.266 e. The zero-order valence-corrected chi connectivity index (χ0v) is 17.3. The molecule has 31 heavy (non-hydrogen) atoms. The van der Waals surface area contributed by atoms with Crippen LogP contribution in [0.1, 0.15) is 17.3 Å². The van der Waals surface area contributed by atoms with Crippen LogP contribution in [-0.4, -0.2) is 41.7 Å². The van der Waals surface area contributed by atoms with Gasteiger partial charge >= 0.3 is 0 Å². The van der Waals surface area contributed by atoms with Crippen molar-refractivity contribution in [1.29, 1.82) is 0 Å². The van der Waals surface area contributed by atoms with Gasteiger partial charge in [0, 0.05) is 23.7 Å². The lowest BCUT2D eigenvalue weighted by atomic mass is 10.1. The van der Waals surface area contributed by atoms with Gasteiger partial charge in [-0.15, -0.1) is 0 Å². The molecule has 160 valence electrons. The SMILES string of the molecule is COc1cc(C(C)=O)ccc1OCC(=O)NCCn1nc(-c2ccccc2)ccc1=O. The van der Waals surface area contributed by atoms with Gasteiger partial charge in [-0.25, -0.2) is 4.68 Å². The van der Waals surface area contributed by atoms with E-state index in [0.717, 1.165) is 5.56 Å². The third-order valence-corrected chi connectivity index (χ3v) is 4.51. The number of hydrogen-bond acceptors (Lipinski definition) is 6. The number of nitrogens with zero attached hydrogens (tertiary/aromatic N) is 2. The second-order valence-corrected chi connectivity index (χ2v) is 6.71. The average Bonchev–Trinajstić information content (AvgIpc) is 2.79. The molecule has 0 saturated heterocycles. The van der Waals surface area contributed by atoms with E-state index in [4.69, 9.17) is 9.47 Å². The second-order valence-electron chi connectivity index (χ2n) is 6.71. The number of benzene rings is 2. The van der Waals surface area contributed by atoms with Crippen LogP contribution in [0.15, 0.2) is 65.5 Å². The van der Waals surface area contributed by atoms with Crippen molar-refractivity contribution < 1.29 is 19.1 Å². The number of rotatable bonds is 9. The van der Waals surface area contributed by atoms with Crippen LogP contribution in [0, 0.1) is 0 Å². The number of amides is 1. The zero-order valence-electron chi connectivity index (χ0n) is 17.3. The van der Waals surface area contributed by atoms with Crippen LogP contribution in [0.4, 0.5) is 0 Å². The summed E-state index contributed by atoms with van der Waals surface area (Å²) in [5.74, 6) is 0.276. The molecule has 8 nitrogen and oxygen atoms in total. The molecule has 1 aromatic heterocycles. The van der Waals surface area contributed by atoms with Gasteiger partial charge in [0.15, 0.2) is 23.9 Å². The molecular formula is C23H23N3O5. The van der Waals surface area contributed by atoms with Gasteiger partial charge in [0.1, 0.15) is 0 Å². The fourth-order valence-corrected chi connectivity index (χ4v) is 2.87. The molecule has 0 saturated carbocycles. The van der Waals surface area contributed by atoms with E-state index in [-0.39, 0.29) is 36.9 Å². The first-order valence-corrected chi connectivity index (χ1v) is 9.70. The number of Topliss-reactive ketones (excluding diaryl/α,β-unsaturated/α-hetero) is 1. The first-order valence-electron chi connectivity index (χ1n) is 9.70. The van der Waals surface area contributed by atoms with E-state index in [1.54, 1.807) is 24.3 Å². The van der Waals surface area contributed by atoms with E-state index in [1.807, 2.05) is 30.3 Å². The van der Waals surface area contributed by atoms with Crippen molar-refractivity contribution in [3.63, 3.8) is 0 Å². The summed E-state index contributed by atoms with van der Waals surface area (Å²) < 4.78 is 12.0. The molecule has 3 rings (SSSR count). The minimum atomic E-state index is -0.357. The Morgan fingerprint density at radius 3 is 2.52 bits per heavy atom. The van der Waals surface area contributed by atoms with E-state index >= 15 is 0 Å². The standard InChI is InChI=1S/C23H23N3O5/c1-16(27)18-8-10-20(21(14-18)30-2)31-15-22(28)24-12-13-26-23(29)11-9-19(25-26)17-6-4-3-5-7-17/h3-11,14H,12-13,15H2,1-2H3,(H,24,28). The van der Waals surface area contributed by atoms with Gasteiger partial charge in [0.2, 0.25) is 0 Å².